The average molecular weight is 494 g/mol. The van der Waals surface area contributed by atoms with Crippen molar-refractivity contribution < 1.29 is 19.0 Å². The highest BCUT2D eigenvalue weighted by Crippen LogP contribution is 2.47. The number of hydrogen-bond donors (Lipinski definition) is 1. The molecule has 2 aromatic carbocycles. The van der Waals surface area contributed by atoms with Crippen LogP contribution in [0, 0.1) is 5.82 Å². The number of carboxylic acid groups (broad SMARTS) is 1. The van der Waals surface area contributed by atoms with Gasteiger partial charge in [0.1, 0.15) is 18.2 Å². The molecule has 0 spiro atoms. The van der Waals surface area contributed by atoms with E-state index in [9.17, 15) is 14.3 Å². The lowest BCUT2D eigenvalue weighted by atomic mass is 9.81. The fraction of sp³-hybridized carbons (Fsp3) is 0.483. The third-order valence-corrected chi connectivity index (χ3v) is 7.91. The molecule has 5 rings (SSSR count). The van der Waals surface area contributed by atoms with Gasteiger partial charge in [-0.1, -0.05) is 25.3 Å². The van der Waals surface area contributed by atoms with E-state index in [4.69, 9.17) is 4.74 Å². The standard InChI is InChI=1S/C29H36FN3O3/c1-31(2)13-14-32(3)22-17-33-25-15-20(29(34)35)9-11-23(25)27(19-7-5-4-6-8-19)28(33)24-12-10-21(30)16-26(24)36-18-22/h9-12,15-16,19,22H,4-8,13-14,17-18H2,1-3H3,(H,34,35). The normalized spacial score (nSPS) is 18.6. The van der Waals surface area contributed by atoms with Gasteiger partial charge < -0.3 is 19.3 Å². The molecule has 36 heavy (non-hydrogen) atoms. The largest absolute Gasteiger partial charge is 0.491 e. The number of carbonyl (C=O) groups is 1. The maximum atomic E-state index is 14.4. The predicted octanol–water partition coefficient (Wildman–Crippen LogP) is 5.45. The van der Waals surface area contributed by atoms with Crippen LogP contribution in [-0.4, -0.2) is 72.3 Å². The van der Waals surface area contributed by atoms with E-state index >= 15 is 0 Å². The maximum absolute atomic E-state index is 14.4. The number of halogens is 1. The molecule has 2 heterocycles. The molecule has 1 aromatic heterocycles. The van der Waals surface area contributed by atoms with Gasteiger partial charge in [-0.2, -0.15) is 0 Å². The van der Waals surface area contributed by atoms with Gasteiger partial charge in [-0.3, -0.25) is 4.90 Å². The Morgan fingerprint density at radius 1 is 1.08 bits per heavy atom. The second-order valence-electron chi connectivity index (χ2n) is 10.6. The number of fused-ring (bicyclic) bond motifs is 5. The number of likely N-dealkylation sites (N-methyl/N-ethyl adjacent to an activating group) is 2. The summed E-state index contributed by atoms with van der Waals surface area (Å²) in [5.41, 5.74) is 4.43. The SMILES string of the molecule is CN(C)CCN(C)C1COc2cc(F)ccc2-c2c(C3CCCCC3)c3ccc(C(=O)O)cc3n2C1. The summed E-state index contributed by atoms with van der Waals surface area (Å²) in [6.45, 7) is 2.87. The van der Waals surface area contributed by atoms with Crippen LogP contribution in [-0.2, 0) is 6.54 Å². The lowest BCUT2D eigenvalue weighted by molar-refractivity contribution is 0.0697. The lowest BCUT2D eigenvalue weighted by Crippen LogP contribution is -2.43. The number of ether oxygens (including phenoxy) is 1. The van der Waals surface area contributed by atoms with Gasteiger partial charge in [0.15, 0.2) is 0 Å². The van der Waals surface area contributed by atoms with Gasteiger partial charge in [0.25, 0.3) is 0 Å². The van der Waals surface area contributed by atoms with Crippen LogP contribution in [0.25, 0.3) is 22.2 Å². The van der Waals surface area contributed by atoms with Gasteiger partial charge in [0.2, 0.25) is 0 Å². The highest BCUT2D eigenvalue weighted by Gasteiger charge is 2.31. The third kappa shape index (κ3) is 4.74. The van der Waals surface area contributed by atoms with E-state index in [1.165, 1.54) is 37.0 Å². The second kappa shape index (κ2) is 10.2. The lowest BCUT2D eigenvalue weighted by Gasteiger charge is -2.33. The Hall–Kier alpha value is -2.90. The number of rotatable bonds is 6. The van der Waals surface area contributed by atoms with Crippen LogP contribution in [0.1, 0.15) is 53.9 Å². The van der Waals surface area contributed by atoms with E-state index in [0.717, 1.165) is 48.1 Å². The minimum absolute atomic E-state index is 0.0448. The maximum Gasteiger partial charge on any atom is 0.335 e. The molecule has 1 atom stereocenters. The molecule has 1 aliphatic carbocycles. The van der Waals surface area contributed by atoms with Crippen molar-refractivity contribution in [3.63, 3.8) is 0 Å². The van der Waals surface area contributed by atoms with Gasteiger partial charge >= 0.3 is 5.97 Å². The van der Waals surface area contributed by atoms with E-state index in [1.54, 1.807) is 6.07 Å². The van der Waals surface area contributed by atoms with E-state index < -0.39 is 5.97 Å². The summed E-state index contributed by atoms with van der Waals surface area (Å²) < 4.78 is 23.0. The van der Waals surface area contributed by atoms with Crippen molar-refractivity contribution in [1.29, 1.82) is 0 Å². The van der Waals surface area contributed by atoms with Crippen LogP contribution in [0.3, 0.4) is 0 Å². The quantitative estimate of drug-likeness (QED) is 0.495. The van der Waals surface area contributed by atoms with Crippen LogP contribution < -0.4 is 4.74 Å². The summed E-state index contributed by atoms with van der Waals surface area (Å²) in [5.74, 6) is -0.305. The first-order valence-corrected chi connectivity index (χ1v) is 13.0. The molecule has 3 aromatic rings. The van der Waals surface area contributed by atoms with Crippen molar-refractivity contribution >= 4 is 16.9 Å². The number of hydrogen-bond acceptors (Lipinski definition) is 4. The van der Waals surface area contributed by atoms with E-state index in [0.29, 0.717) is 24.8 Å². The van der Waals surface area contributed by atoms with Gasteiger partial charge in [0, 0.05) is 42.2 Å². The Morgan fingerprint density at radius 3 is 2.58 bits per heavy atom. The summed E-state index contributed by atoms with van der Waals surface area (Å²) >= 11 is 0. The predicted molar refractivity (Wildman–Crippen MR) is 141 cm³/mol. The molecule has 1 fully saturated rings. The van der Waals surface area contributed by atoms with Crippen molar-refractivity contribution in [3.05, 3.63) is 53.3 Å². The summed E-state index contributed by atoms with van der Waals surface area (Å²) in [4.78, 5) is 16.4. The Labute approximate surface area is 212 Å². The molecule has 6 nitrogen and oxygen atoms in total. The van der Waals surface area contributed by atoms with Crippen molar-refractivity contribution in [2.24, 2.45) is 0 Å². The van der Waals surface area contributed by atoms with Crippen LogP contribution in [0.4, 0.5) is 4.39 Å². The number of aromatic nitrogens is 1. The summed E-state index contributed by atoms with van der Waals surface area (Å²) in [6.07, 6.45) is 5.84. The zero-order valence-electron chi connectivity index (χ0n) is 21.5. The summed E-state index contributed by atoms with van der Waals surface area (Å²) in [6, 6.07) is 10.4. The van der Waals surface area contributed by atoms with E-state index in [-0.39, 0.29) is 17.4 Å². The number of nitrogens with zero attached hydrogens (tertiary/aromatic N) is 3. The smallest absolute Gasteiger partial charge is 0.335 e. The van der Waals surface area contributed by atoms with E-state index in [2.05, 4.69) is 35.5 Å². The highest BCUT2D eigenvalue weighted by atomic mass is 19.1. The Bertz CT molecular complexity index is 1260. The molecule has 0 saturated heterocycles. The monoisotopic (exact) mass is 493 g/mol. The van der Waals surface area contributed by atoms with Crippen molar-refractivity contribution in [1.82, 2.24) is 14.4 Å². The summed E-state index contributed by atoms with van der Waals surface area (Å²) in [7, 11) is 6.22. The first-order chi connectivity index (χ1) is 17.3. The molecule has 0 bridgehead atoms. The first kappa shape index (κ1) is 24.8. The zero-order chi connectivity index (χ0) is 25.4. The third-order valence-electron chi connectivity index (χ3n) is 7.91. The molecule has 0 amide bonds. The molecular weight excluding hydrogens is 457 g/mol. The average Bonchev–Trinajstić information content (AvgIpc) is 3.16. The topological polar surface area (TPSA) is 57.9 Å². The molecule has 0 radical (unpaired) electrons. The minimum atomic E-state index is -0.928. The molecule has 1 N–H and O–H groups in total. The molecule has 7 heteroatoms. The molecule has 1 saturated carbocycles. The van der Waals surface area contributed by atoms with Crippen LogP contribution in [0.2, 0.25) is 0 Å². The highest BCUT2D eigenvalue weighted by molar-refractivity contribution is 5.98. The minimum Gasteiger partial charge on any atom is -0.491 e. The molecule has 1 unspecified atom stereocenters. The van der Waals surface area contributed by atoms with Crippen molar-refractivity contribution in [2.75, 3.05) is 40.8 Å². The molecule has 1 aliphatic heterocycles. The number of aromatic carboxylic acids is 1. The first-order valence-electron chi connectivity index (χ1n) is 13.0. The molecule has 192 valence electrons. The van der Waals surface area contributed by atoms with Crippen molar-refractivity contribution in [2.45, 2.75) is 50.6 Å². The Kier molecular flexibility index (Phi) is 7.04. The molecular formula is C29H36FN3O3. The number of benzene rings is 2. The molecule has 2 aliphatic rings. The second-order valence-corrected chi connectivity index (χ2v) is 10.6. The van der Waals surface area contributed by atoms with Gasteiger partial charge in [-0.25, -0.2) is 9.18 Å². The Balaban J connectivity index is 1.74. The van der Waals surface area contributed by atoms with Gasteiger partial charge in [0.05, 0.1) is 17.3 Å². The zero-order valence-corrected chi connectivity index (χ0v) is 21.5. The fourth-order valence-corrected chi connectivity index (χ4v) is 5.86. The summed E-state index contributed by atoms with van der Waals surface area (Å²) in [5, 5.41) is 10.9. The van der Waals surface area contributed by atoms with Crippen LogP contribution in [0.5, 0.6) is 5.75 Å². The van der Waals surface area contributed by atoms with Gasteiger partial charge in [-0.05, 0) is 69.7 Å². The van der Waals surface area contributed by atoms with Crippen LogP contribution >= 0.6 is 0 Å². The fourth-order valence-electron chi connectivity index (χ4n) is 5.86. The number of carboxylic acids is 1. The van der Waals surface area contributed by atoms with Crippen LogP contribution in [0.15, 0.2) is 36.4 Å². The van der Waals surface area contributed by atoms with E-state index in [1.807, 2.05) is 18.2 Å². The van der Waals surface area contributed by atoms with Crippen molar-refractivity contribution in [3.8, 4) is 17.0 Å². The van der Waals surface area contributed by atoms with Gasteiger partial charge in [-0.15, -0.1) is 0 Å². The Morgan fingerprint density at radius 2 is 1.86 bits per heavy atom.